The summed E-state index contributed by atoms with van der Waals surface area (Å²) in [7, 11) is 1.68. The molecule has 0 aliphatic carbocycles. The third kappa shape index (κ3) is 4.39. The van der Waals surface area contributed by atoms with Crippen molar-refractivity contribution >= 4 is 6.03 Å². The molecule has 0 bridgehead atoms. The summed E-state index contributed by atoms with van der Waals surface area (Å²) in [4.78, 5) is 14.2. The molecule has 1 aromatic carbocycles. The Morgan fingerprint density at radius 1 is 1.32 bits per heavy atom. The van der Waals surface area contributed by atoms with E-state index < -0.39 is 0 Å². The normalized spacial score (nSPS) is 21.5. The minimum Gasteiger partial charge on any atom is -0.496 e. The average molecular weight is 304 g/mol. The first-order chi connectivity index (χ1) is 10.5. The number of urea groups is 1. The Bertz CT molecular complexity index is 506. The second kappa shape index (κ2) is 7.52. The SMILES string of the molecule is COc1ccc(C)cc1CCNC(=O)N1CC(C)CC(C)C1. The van der Waals surface area contributed by atoms with Crippen LogP contribution in [-0.4, -0.2) is 37.7 Å². The van der Waals surface area contributed by atoms with Gasteiger partial charge in [-0.15, -0.1) is 0 Å². The molecule has 4 heteroatoms. The highest BCUT2D eigenvalue weighted by molar-refractivity contribution is 5.74. The van der Waals surface area contributed by atoms with Crippen LogP contribution in [-0.2, 0) is 6.42 Å². The third-order valence-corrected chi connectivity index (χ3v) is 4.26. The highest BCUT2D eigenvalue weighted by atomic mass is 16.5. The van der Waals surface area contributed by atoms with Crippen LogP contribution in [0.4, 0.5) is 4.79 Å². The highest BCUT2D eigenvalue weighted by Crippen LogP contribution is 2.21. The number of carbonyl (C=O) groups excluding carboxylic acids is 1. The van der Waals surface area contributed by atoms with Crippen LogP contribution in [0, 0.1) is 18.8 Å². The predicted molar refractivity (Wildman–Crippen MR) is 89.4 cm³/mol. The number of carbonyl (C=O) groups is 1. The number of likely N-dealkylation sites (tertiary alicyclic amines) is 1. The van der Waals surface area contributed by atoms with Crippen molar-refractivity contribution in [1.82, 2.24) is 10.2 Å². The molecule has 22 heavy (non-hydrogen) atoms. The Kier molecular flexibility index (Phi) is 5.69. The van der Waals surface area contributed by atoms with Crippen LogP contribution in [0.3, 0.4) is 0 Å². The summed E-state index contributed by atoms with van der Waals surface area (Å²) < 4.78 is 5.38. The van der Waals surface area contributed by atoms with Crippen LogP contribution in [0.1, 0.15) is 31.4 Å². The zero-order valence-electron chi connectivity index (χ0n) is 14.2. The topological polar surface area (TPSA) is 41.6 Å². The fourth-order valence-corrected chi connectivity index (χ4v) is 3.35. The van der Waals surface area contributed by atoms with Crippen molar-refractivity contribution in [2.75, 3.05) is 26.7 Å². The maximum absolute atomic E-state index is 12.3. The van der Waals surface area contributed by atoms with Gasteiger partial charge in [0.05, 0.1) is 7.11 Å². The number of hydrogen-bond donors (Lipinski definition) is 1. The first kappa shape index (κ1) is 16.7. The minimum atomic E-state index is 0.0602. The lowest BCUT2D eigenvalue weighted by Gasteiger charge is -2.34. The van der Waals surface area contributed by atoms with Crippen molar-refractivity contribution in [2.45, 2.75) is 33.6 Å². The molecule has 1 fully saturated rings. The van der Waals surface area contributed by atoms with Gasteiger partial charge >= 0.3 is 6.03 Å². The maximum Gasteiger partial charge on any atom is 0.317 e. The molecule has 1 heterocycles. The molecule has 2 amide bonds. The zero-order valence-corrected chi connectivity index (χ0v) is 14.2. The van der Waals surface area contributed by atoms with E-state index >= 15 is 0 Å². The smallest absolute Gasteiger partial charge is 0.317 e. The van der Waals surface area contributed by atoms with Crippen LogP contribution in [0.5, 0.6) is 5.75 Å². The van der Waals surface area contributed by atoms with E-state index in [9.17, 15) is 4.79 Å². The van der Waals surface area contributed by atoms with Gasteiger partial charge in [-0.1, -0.05) is 31.5 Å². The molecular weight excluding hydrogens is 276 g/mol. The molecule has 2 atom stereocenters. The van der Waals surface area contributed by atoms with Crippen LogP contribution >= 0.6 is 0 Å². The van der Waals surface area contributed by atoms with Gasteiger partial charge in [0.25, 0.3) is 0 Å². The summed E-state index contributed by atoms with van der Waals surface area (Å²) in [6, 6.07) is 6.21. The van der Waals surface area contributed by atoms with E-state index in [0.717, 1.165) is 30.8 Å². The van der Waals surface area contributed by atoms with Crippen molar-refractivity contribution in [3.05, 3.63) is 29.3 Å². The predicted octanol–water partition coefficient (Wildman–Crippen LogP) is 3.23. The van der Waals surface area contributed by atoms with E-state index in [0.29, 0.717) is 18.4 Å². The summed E-state index contributed by atoms with van der Waals surface area (Å²) in [6.45, 7) is 8.87. The number of amides is 2. The second-order valence-corrected chi connectivity index (χ2v) is 6.65. The number of methoxy groups -OCH3 is 1. The molecule has 1 saturated heterocycles. The fraction of sp³-hybridized carbons (Fsp3) is 0.611. The minimum absolute atomic E-state index is 0.0602. The summed E-state index contributed by atoms with van der Waals surface area (Å²) in [5.74, 6) is 2.07. The Balaban J connectivity index is 1.85. The van der Waals surface area contributed by atoms with E-state index in [2.05, 4.69) is 32.2 Å². The quantitative estimate of drug-likeness (QED) is 0.928. The Morgan fingerprint density at radius 3 is 2.64 bits per heavy atom. The van der Waals surface area contributed by atoms with Crippen molar-refractivity contribution in [1.29, 1.82) is 0 Å². The molecule has 0 aromatic heterocycles. The summed E-state index contributed by atoms with van der Waals surface area (Å²) in [6.07, 6.45) is 2.00. The number of aryl methyl sites for hydroxylation is 1. The summed E-state index contributed by atoms with van der Waals surface area (Å²) in [5, 5.41) is 3.04. The van der Waals surface area contributed by atoms with E-state index in [1.54, 1.807) is 7.11 Å². The third-order valence-electron chi connectivity index (χ3n) is 4.26. The lowest BCUT2D eigenvalue weighted by molar-refractivity contribution is 0.146. The Labute approximate surface area is 133 Å². The number of piperidine rings is 1. The van der Waals surface area contributed by atoms with Gasteiger partial charge in [0.1, 0.15) is 5.75 Å². The van der Waals surface area contributed by atoms with Gasteiger partial charge in [-0.05, 0) is 43.2 Å². The monoisotopic (exact) mass is 304 g/mol. The van der Waals surface area contributed by atoms with E-state index in [1.165, 1.54) is 12.0 Å². The summed E-state index contributed by atoms with van der Waals surface area (Å²) in [5.41, 5.74) is 2.35. The number of benzene rings is 1. The van der Waals surface area contributed by atoms with Gasteiger partial charge in [-0.25, -0.2) is 4.79 Å². The van der Waals surface area contributed by atoms with Crippen LogP contribution in [0.25, 0.3) is 0 Å². The van der Waals surface area contributed by atoms with E-state index in [4.69, 9.17) is 4.74 Å². The van der Waals surface area contributed by atoms with Gasteiger partial charge in [0, 0.05) is 19.6 Å². The molecule has 1 aromatic rings. The molecule has 2 unspecified atom stereocenters. The molecular formula is C18H28N2O2. The number of nitrogens with one attached hydrogen (secondary N) is 1. The standard InChI is InChI=1S/C18H28N2O2/c1-13-5-6-17(22-4)16(10-13)7-8-19-18(21)20-11-14(2)9-15(3)12-20/h5-6,10,14-15H,7-9,11-12H2,1-4H3,(H,19,21). The fourth-order valence-electron chi connectivity index (χ4n) is 3.35. The largest absolute Gasteiger partial charge is 0.496 e. The lowest BCUT2D eigenvalue weighted by Crippen LogP contribution is -2.47. The van der Waals surface area contributed by atoms with Gasteiger partial charge in [0.2, 0.25) is 0 Å². The Hall–Kier alpha value is -1.71. The van der Waals surface area contributed by atoms with Crippen LogP contribution < -0.4 is 10.1 Å². The molecule has 1 aliphatic heterocycles. The average Bonchev–Trinajstić information content (AvgIpc) is 2.46. The molecule has 0 spiro atoms. The molecule has 1 N–H and O–H groups in total. The molecule has 122 valence electrons. The van der Waals surface area contributed by atoms with Crippen LogP contribution in [0.2, 0.25) is 0 Å². The molecule has 1 aliphatic rings. The van der Waals surface area contributed by atoms with Gasteiger partial charge in [-0.2, -0.15) is 0 Å². The molecule has 4 nitrogen and oxygen atoms in total. The first-order valence-corrected chi connectivity index (χ1v) is 8.16. The lowest BCUT2D eigenvalue weighted by atomic mass is 9.92. The maximum atomic E-state index is 12.3. The highest BCUT2D eigenvalue weighted by Gasteiger charge is 2.25. The number of nitrogens with zero attached hydrogens (tertiary/aromatic N) is 1. The van der Waals surface area contributed by atoms with Gasteiger partial charge in [0.15, 0.2) is 0 Å². The van der Waals surface area contributed by atoms with Crippen molar-refractivity contribution in [2.24, 2.45) is 11.8 Å². The number of rotatable bonds is 4. The molecule has 0 radical (unpaired) electrons. The number of ether oxygens (including phenoxy) is 1. The molecule has 0 saturated carbocycles. The van der Waals surface area contributed by atoms with Gasteiger partial charge in [-0.3, -0.25) is 0 Å². The van der Waals surface area contributed by atoms with Crippen LogP contribution in [0.15, 0.2) is 18.2 Å². The number of hydrogen-bond acceptors (Lipinski definition) is 2. The van der Waals surface area contributed by atoms with Crippen molar-refractivity contribution in [3.63, 3.8) is 0 Å². The Morgan fingerprint density at radius 2 is 2.00 bits per heavy atom. The van der Waals surface area contributed by atoms with Gasteiger partial charge < -0.3 is 15.0 Å². The van der Waals surface area contributed by atoms with Crippen molar-refractivity contribution in [3.8, 4) is 5.75 Å². The molecule has 2 rings (SSSR count). The van der Waals surface area contributed by atoms with E-state index in [-0.39, 0.29) is 6.03 Å². The van der Waals surface area contributed by atoms with E-state index in [1.807, 2.05) is 17.0 Å². The second-order valence-electron chi connectivity index (χ2n) is 6.65. The summed E-state index contributed by atoms with van der Waals surface area (Å²) >= 11 is 0. The van der Waals surface area contributed by atoms with Crippen molar-refractivity contribution < 1.29 is 9.53 Å². The first-order valence-electron chi connectivity index (χ1n) is 8.16. The zero-order chi connectivity index (χ0) is 16.1.